The highest BCUT2D eigenvalue weighted by Gasteiger charge is 2.52. The van der Waals surface area contributed by atoms with E-state index in [2.05, 4.69) is 10.3 Å². The molecule has 1 aromatic carbocycles. The molecule has 7 nitrogen and oxygen atoms in total. The van der Waals surface area contributed by atoms with Crippen LogP contribution >= 0.6 is 0 Å². The monoisotopic (exact) mass is 303 g/mol. The molecule has 0 spiro atoms. The van der Waals surface area contributed by atoms with Crippen LogP contribution in [0.1, 0.15) is 38.1 Å². The zero-order chi connectivity index (χ0) is 16.3. The second kappa shape index (κ2) is 4.53. The second-order valence-corrected chi connectivity index (χ2v) is 6.54. The number of carboxylic acid groups (broad SMARTS) is 1. The highest BCUT2D eigenvalue weighted by Crippen LogP contribution is 2.37. The van der Waals surface area contributed by atoms with Crippen molar-refractivity contribution in [1.29, 1.82) is 0 Å². The Hall–Kier alpha value is -1.93. The normalized spacial score (nSPS) is 19.8. The lowest BCUT2D eigenvalue weighted by Crippen LogP contribution is -2.41. The Morgan fingerprint density at radius 3 is 2.36 bits per heavy atom. The van der Waals surface area contributed by atoms with E-state index >= 15 is 0 Å². The Morgan fingerprint density at radius 1 is 1.23 bits per heavy atom. The lowest BCUT2D eigenvalue weighted by molar-refractivity contribution is 0.00578. The lowest BCUT2D eigenvalue weighted by Gasteiger charge is -2.32. The van der Waals surface area contributed by atoms with Gasteiger partial charge in [-0.2, -0.15) is 0 Å². The molecule has 22 heavy (non-hydrogen) atoms. The molecular weight excluding hydrogens is 285 g/mol. The van der Waals surface area contributed by atoms with E-state index in [4.69, 9.17) is 9.31 Å². The maximum atomic E-state index is 11.3. The number of nitrogens with zero attached hydrogens (tertiary/aromatic N) is 3. The van der Waals surface area contributed by atoms with Gasteiger partial charge >= 0.3 is 13.1 Å². The Labute approximate surface area is 128 Å². The van der Waals surface area contributed by atoms with Gasteiger partial charge in [0.1, 0.15) is 5.52 Å². The fraction of sp³-hybridized carbons (Fsp3) is 0.500. The summed E-state index contributed by atoms with van der Waals surface area (Å²) in [6, 6.07) is 3.07. The topological polar surface area (TPSA) is 86.5 Å². The van der Waals surface area contributed by atoms with Gasteiger partial charge in [0.25, 0.3) is 0 Å². The largest absolute Gasteiger partial charge is 0.497 e. The molecule has 1 aromatic heterocycles. The van der Waals surface area contributed by atoms with Crippen LogP contribution in [0.15, 0.2) is 12.1 Å². The zero-order valence-corrected chi connectivity index (χ0v) is 13.2. The average molecular weight is 303 g/mol. The molecule has 0 radical (unpaired) electrons. The number of aryl methyl sites for hydroxylation is 1. The number of aromatic nitrogens is 3. The maximum absolute atomic E-state index is 11.3. The van der Waals surface area contributed by atoms with Crippen molar-refractivity contribution in [2.45, 2.75) is 38.9 Å². The van der Waals surface area contributed by atoms with Crippen molar-refractivity contribution < 1.29 is 19.2 Å². The van der Waals surface area contributed by atoms with Crippen molar-refractivity contribution in [2.75, 3.05) is 0 Å². The fourth-order valence-electron chi connectivity index (χ4n) is 2.50. The van der Waals surface area contributed by atoms with E-state index < -0.39 is 24.3 Å². The van der Waals surface area contributed by atoms with Gasteiger partial charge in [-0.15, -0.1) is 5.10 Å². The number of carbonyl (C=O) groups is 1. The van der Waals surface area contributed by atoms with Crippen LogP contribution in [0.2, 0.25) is 0 Å². The van der Waals surface area contributed by atoms with Gasteiger partial charge in [0, 0.05) is 12.5 Å². The first kappa shape index (κ1) is 15.0. The van der Waals surface area contributed by atoms with Crippen molar-refractivity contribution in [2.24, 2.45) is 7.05 Å². The van der Waals surface area contributed by atoms with Gasteiger partial charge in [0.2, 0.25) is 0 Å². The van der Waals surface area contributed by atoms with Gasteiger partial charge in [0.05, 0.1) is 22.3 Å². The van der Waals surface area contributed by atoms with E-state index in [0.717, 1.165) is 0 Å². The first-order valence-corrected chi connectivity index (χ1v) is 7.05. The summed E-state index contributed by atoms with van der Waals surface area (Å²) in [4.78, 5) is 11.3. The number of benzene rings is 1. The van der Waals surface area contributed by atoms with Gasteiger partial charge < -0.3 is 14.4 Å². The van der Waals surface area contributed by atoms with Gasteiger partial charge in [-0.3, -0.25) is 0 Å². The zero-order valence-electron chi connectivity index (χ0n) is 13.2. The van der Waals surface area contributed by atoms with E-state index in [9.17, 15) is 9.90 Å². The predicted molar refractivity (Wildman–Crippen MR) is 81.2 cm³/mol. The van der Waals surface area contributed by atoms with Crippen molar-refractivity contribution in [3.8, 4) is 0 Å². The Bertz CT molecular complexity index is 753. The summed E-state index contributed by atoms with van der Waals surface area (Å²) in [5, 5.41) is 17.3. The molecule has 3 rings (SSSR count). The van der Waals surface area contributed by atoms with Gasteiger partial charge in [0.15, 0.2) is 0 Å². The first-order valence-electron chi connectivity index (χ1n) is 7.05. The minimum absolute atomic E-state index is 0.137. The molecule has 1 fully saturated rings. The van der Waals surface area contributed by atoms with Crippen LogP contribution in [0, 0.1) is 0 Å². The molecule has 116 valence electrons. The highest BCUT2D eigenvalue weighted by molar-refractivity contribution is 6.65. The third-order valence-electron chi connectivity index (χ3n) is 4.48. The molecule has 0 unspecified atom stereocenters. The number of rotatable bonds is 2. The van der Waals surface area contributed by atoms with Gasteiger partial charge in [-0.25, -0.2) is 9.48 Å². The van der Waals surface area contributed by atoms with E-state index in [1.165, 1.54) is 6.07 Å². The summed E-state index contributed by atoms with van der Waals surface area (Å²) in [6.07, 6.45) is 0. The van der Waals surface area contributed by atoms with Crippen molar-refractivity contribution in [3.63, 3.8) is 0 Å². The van der Waals surface area contributed by atoms with E-state index in [1.807, 2.05) is 27.7 Å². The van der Waals surface area contributed by atoms with Crippen LogP contribution < -0.4 is 5.46 Å². The molecule has 1 aliphatic heterocycles. The fourth-order valence-corrected chi connectivity index (χ4v) is 2.50. The van der Waals surface area contributed by atoms with Crippen LogP contribution in [0.5, 0.6) is 0 Å². The maximum Gasteiger partial charge on any atom is 0.497 e. The third kappa shape index (κ3) is 2.10. The molecule has 8 heteroatoms. The number of fused-ring (bicyclic) bond motifs is 1. The second-order valence-electron chi connectivity index (χ2n) is 6.54. The molecular formula is C14H18BN3O4. The first-order chi connectivity index (χ1) is 10.1. The third-order valence-corrected chi connectivity index (χ3v) is 4.48. The van der Waals surface area contributed by atoms with Crippen LogP contribution in [-0.2, 0) is 16.4 Å². The smallest absolute Gasteiger partial charge is 0.478 e. The molecule has 2 aromatic rings. The van der Waals surface area contributed by atoms with Crippen LogP contribution in [-0.4, -0.2) is 44.4 Å². The van der Waals surface area contributed by atoms with E-state index in [0.29, 0.717) is 16.5 Å². The molecule has 0 saturated carbocycles. The highest BCUT2D eigenvalue weighted by atomic mass is 16.7. The van der Waals surface area contributed by atoms with Gasteiger partial charge in [-0.05, 0) is 39.8 Å². The standard InChI is InChI=1S/C14H18BN3O4/c1-13(2)14(3,4)22-15(21-13)9-6-8(12(19)20)7-10-11(9)18(5)17-16-10/h6-7H,1-5H3,(H,19,20). The summed E-state index contributed by atoms with van der Waals surface area (Å²) < 4.78 is 13.7. The van der Waals surface area contributed by atoms with Crippen LogP contribution in [0.3, 0.4) is 0 Å². The lowest BCUT2D eigenvalue weighted by atomic mass is 9.77. The molecule has 1 N–H and O–H groups in total. The molecule has 0 atom stereocenters. The number of aromatic carboxylic acids is 1. The predicted octanol–water partition coefficient (Wildman–Crippen LogP) is 0.966. The van der Waals surface area contributed by atoms with Crippen molar-refractivity contribution in [3.05, 3.63) is 17.7 Å². The summed E-state index contributed by atoms with van der Waals surface area (Å²) in [5.74, 6) is -1.02. The molecule has 0 bridgehead atoms. The van der Waals surface area contributed by atoms with Crippen molar-refractivity contribution in [1.82, 2.24) is 15.0 Å². The van der Waals surface area contributed by atoms with E-state index in [1.54, 1.807) is 17.8 Å². The van der Waals surface area contributed by atoms with Crippen LogP contribution in [0.4, 0.5) is 0 Å². The van der Waals surface area contributed by atoms with Gasteiger partial charge in [-0.1, -0.05) is 5.21 Å². The molecule has 2 heterocycles. The minimum Gasteiger partial charge on any atom is -0.478 e. The van der Waals surface area contributed by atoms with Crippen molar-refractivity contribution >= 4 is 29.6 Å². The summed E-state index contributed by atoms with van der Waals surface area (Å²) in [7, 11) is 1.09. The van der Waals surface area contributed by atoms with Crippen LogP contribution in [0.25, 0.3) is 11.0 Å². The average Bonchev–Trinajstić information content (AvgIpc) is 2.87. The number of hydrogen-bond donors (Lipinski definition) is 1. The molecule has 1 aliphatic rings. The number of carboxylic acids is 1. The van der Waals surface area contributed by atoms with E-state index in [-0.39, 0.29) is 5.56 Å². The summed E-state index contributed by atoms with van der Waals surface area (Å²) in [6.45, 7) is 7.80. The Balaban J connectivity index is 2.18. The quantitative estimate of drug-likeness (QED) is 0.832. The molecule has 0 aliphatic carbocycles. The summed E-state index contributed by atoms with van der Waals surface area (Å²) >= 11 is 0. The summed E-state index contributed by atoms with van der Waals surface area (Å²) in [5.41, 5.74) is 0.971. The SMILES string of the molecule is Cn1nnc2cc(C(=O)O)cc(B3OC(C)(C)C(C)(C)O3)c21. The molecule has 1 saturated heterocycles. The minimum atomic E-state index is -1.02. The Kier molecular flexibility index (Phi) is 3.09. The Morgan fingerprint density at radius 2 is 1.82 bits per heavy atom. The number of hydrogen-bond acceptors (Lipinski definition) is 5. The molecule has 0 amide bonds.